The summed E-state index contributed by atoms with van der Waals surface area (Å²) >= 11 is 0. The molecule has 1 aliphatic heterocycles. The van der Waals surface area contributed by atoms with E-state index in [0.717, 1.165) is 38.8 Å². The number of nitrogens with zero attached hydrogens (tertiary/aromatic N) is 2. The van der Waals surface area contributed by atoms with E-state index in [4.69, 9.17) is 0 Å². The van der Waals surface area contributed by atoms with Crippen LogP contribution in [-0.2, 0) is 10.2 Å². The zero-order chi connectivity index (χ0) is 13.6. The van der Waals surface area contributed by atoms with Crippen molar-refractivity contribution in [1.82, 2.24) is 13.9 Å². The highest BCUT2D eigenvalue weighted by atomic mass is 32.2. The van der Waals surface area contributed by atoms with Crippen molar-refractivity contribution in [3.8, 4) is 0 Å². The highest BCUT2D eigenvalue weighted by molar-refractivity contribution is 7.86. The minimum atomic E-state index is -3.29. The van der Waals surface area contributed by atoms with Crippen molar-refractivity contribution < 1.29 is 8.42 Å². The maximum atomic E-state index is 12.5. The maximum Gasteiger partial charge on any atom is 0.281 e. The van der Waals surface area contributed by atoms with Gasteiger partial charge in [-0.05, 0) is 38.8 Å². The van der Waals surface area contributed by atoms with Crippen LogP contribution >= 0.6 is 0 Å². The first-order valence-corrected chi connectivity index (χ1v) is 8.37. The van der Waals surface area contributed by atoms with Crippen molar-refractivity contribution in [3.05, 3.63) is 0 Å². The first-order chi connectivity index (χ1) is 8.54. The monoisotopic (exact) mass is 277 g/mol. The molecular weight excluding hydrogens is 250 g/mol. The average Bonchev–Trinajstić information content (AvgIpc) is 2.37. The fourth-order valence-corrected chi connectivity index (χ4v) is 4.18. The fraction of sp³-hybridized carbons (Fsp3) is 1.00. The van der Waals surface area contributed by atoms with Crippen LogP contribution < -0.4 is 5.32 Å². The average molecular weight is 277 g/mol. The Morgan fingerprint density at radius 1 is 1.11 bits per heavy atom. The minimum absolute atomic E-state index is 0.163. The standard InChI is InChI=1S/C12H27N3O2S/c1-4-10-14(3)18(16,17)15(11-5-2)12-6-8-13-9-7-12/h12-13H,4-11H2,1-3H3. The second-order valence-corrected chi connectivity index (χ2v) is 6.91. The normalized spacial score (nSPS) is 18.7. The lowest BCUT2D eigenvalue weighted by atomic mass is 10.1. The first kappa shape index (κ1) is 15.9. The molecule has 1 fully saturated rings. The van der Waals surface area contributed by atoms with Gasteiger partial charge >= 0.3 is 0 Å². The number of hydrogen-bond acceptors (Lipinski definition) is 3. The molecule has 1 N–H and O–H groups in total. The molecule has 1 saturated heterocycles. The molecule has 1 aliphatic rings. The van der Waals surface area contributed by atoms with Crippen LogP contribution in [0.3, 0.4) is 0 Å². The molecule has 0 radical (unpaired) electrons. The molecule has 1 rings (SSSR count). The van der Waals surface area contributed by atoms with E-state index in [9.17, 15) is 8.42 Å². The van der Waals surface area contributed by atoms with E-state index in [2.05, 4.69) is 5.32 Å². The lowest BCUT2D eigenvalue weighted by molar-refractivity contribution is 0.246. The van der Waals surface area contributed by atoms with Crippen molar-refractivity contribution >= 4 is 10.2 Å². The van der Waals surface area contributed by atoms with E-state index in [1.165, 1.54) is 4.31 Å². The Bertz CT molecular complexity index is 326. The molecule has 0 aromatic rings. The molecule has 0 unspecified atom stereocenters. The molecule has 0 bridgehead atoms. The Kier molecular flexibility index (Phi) is 6.55. The van der Waals surface area contributed by atoms with Crippen LogP contribution in [0.5, 0.6) is 0 Å². The quantitative estimate of drug-likeness (QED) is 0.756. The molecule has 0 atom stereocenters. The van der Waals surface area contributed by atoms with Crippen LogP contribution in [0.2, 0.25) is 0 Å². The van der Waals surface area contributed by atoms with E-state index < -0.39 is 10.2 Å². The Balaban J connectivity index is 2.81. The number of piperidine rings is 1. The van der Waals surface area contributed by atoms with Gasteiger partial charge < -0.3 is 5.32 Å². The second-order valence-electron chi connectivity index (χ2n) is 4.92. The Labute approximate surface area is 112 Å². The van der Waals surface area contributed by atoms with Gasteiger partial charge in [-0.1, -0.05) is 13.8 Å². The summed E-state index contributed by atoms with van der Waals surface area (Å²) in [6.07, 6.45) is 3.55. The van der Waals surface area contributed by atoms with Gasteiger partial charge in [-0.15, -0.1) is 0 Å². The lowest BCUT2D eigenvalue weighted by Crippen LogP contribution is -2.51. The van der Waals surface area contributed by atoms with Gasteiger partial charge in [0.1, 0.15) is 0 Å². The molecule has 0 aliphatic carbocycles. The SMILES string of the molecule is CCCN(C)S(=O)(=O)N(CCC)C1CCNCC1. The predicted molar refractivity (Wildman–Crippen MR) is 74.7 cm³/mol. The van der Waals surface area contributed by atoms with Gasteiger partial charge in [-0.3, -0.25) is 0 Å². The molecule has 0 aromatic carbocycles. The van der Waals surface area contributed by atoms with Gasteiger partial charge in [0, 0.05) is 26.2 Å². The minimum Gasteiger partial charge on any atom is -0.317 e. The summed E-state index contributed by atoms with van der Waals surface area (Å²) in [7, 11) is -1.60. The lowest BCUT2D eigenvalue weighted by Gasteiger charge is -2.35. The largest absolute Gasteiger partial charge is 0.317 e. The number of rotatable bonds is 7. The summed E-state index contributed by atoms with van der Waals surface area (Å²) in [5.41, 5.74) is 0. The molecule has 0 saturated carbocycles. The molecule has 0 amide bonds. The molecule has 1 heterocycles. The van der Waals surface area contributed by atoms with Crippen LogP contribution in [0.25, 0.3) is 0 Å². The Hall–Kier alpha value is -0.170. The zero-order valence-corrected chi connectivity index (χ0v) is 12.7. The van der Waals surface area contributed by atoms with Gasteiger partial charge in [0.25, 0.3) is 10.2 Å². The zero-order valence-electron chi connectivity index (χ0n) is 11.9. The smallest absolute Gasteiger partial charge is 0.281 e. The van der Waals surface area contributed by atoms with Crippen molar-refractivity contribution in [2.45, 2.75) is 45.6 Å². The topological polar surface area (TPSA) is 52.7 Å². The Morgan fingerprint density at radius 3 is 2.17 bits per heavy atom. The van der Waals surface area contributed by atoms with E-state index >= 15 is 0 Å². The van der Waals surface area contributed by atoms with Crippen LogP contribution in [0, 0.1) is 0 Å². The van der Waals surface area contributed by atoms with Gasteiger partial charge in [0.05, 0.1) is 0 Å². The van der Waals surface area contributed by atoms with Crippen LogP contribution in [-0.4, -0.2) is 56.3 Å². The molecule has 108 valence electrons. The second kappa shape index (κ2) is 7.43. The summed E-state index contributed by atoms with van der Waals surface area (Å²) in [4.78, 5) is 0. The van der Waals surface area contributed by atoms with Crippen molar-refractivity contribution in [2.75, 3.05) is 33.2 Å². The highest BCUT2D eigenvalue weighted by Gasteiger charge is 2.32. The summed E-state index contributed by atoms with van der Waals surface area (Å²) < 4.78 is 28.3. The number of nitrogens with one attached hydrogen (secondary N) is 1. The third-order valence-corrected chi connectivity index (χ3v) is 5.43. The molecule has 5 nitrogen and oxygen atoms in total. The molecule has 6 heteroatoms. The van der Waals surface area contributed by atoms with Crippen molar-refractivity contribution in [1.29, 1.82) is 0 Å². The fourth-order valence-electron chi connectivity index (χ4n) is 2.41. The van der Waals surface area contributed by atoms with Gasteiger partial charge in [-0.2, -0.15) is 17.0 Å². The molecule has 18 heavy (non-hydrogen) atoms. The van der Waals surface area contributed by atoms with E-state index in [1.807, 2.05) is 13.8 Å². The van der Waals surface area contributed by atoms with E-state index in [1.54, 1.807) is 11.4 Å². The van der Waals surface area contributed by atoms with E-state index in [0.29, 0.717) is 13.1 Å². The van der Waals surface area contributed by atoms with Crippen LogP contribution in [0.4, 0.5) is 0 Å². The van der Waals surface area contributed by atoms with E-state index in [-0.39, 0.29) is 6.04 Å². The van der Waals surface area contributed by atoms with Gasteiger partial charge in [0.2, 0.25) is 0 Å². The number of hydrogen-bond donors (Lipinski definition) is 1. The first-order valence-electron chi connectivity index (χ1n) is 6.97. The van der Waals surface area contributed by atoms with Crippen molar-refractivity contribution in [3.63, 3.8) is 0 Å². The summed E-state index contributed by atoms with van der Waals surface area (Å²) in [6, 6.07) is 0.163. The third kappa shape index (κ3) is 3.91. The van der Waals surface area contributed by atoms with Gasteiger partial charge in [-0.25, -0.2) is 0 Å². The molecule has 0 aromatic heterocycles. The summed E-state index contributed by atoms with van der Waals surface area (Å²) in [5, 5.41) is 3.28. The van der Waals surface area contributed by atoms with Crippen LogP contribution in [0.1, 0.15) is 39.5 Å². The van der Waals surface area contributed by atoms with Gasteiger partial charge in [0.15, 0.2) is 0 Å². The van der Waals surface area contributed by atoms with Crippen molar-refractivity contribution in [2.24, 2.45) is 0 Å². The highest BCUT2D eigenvalue weighted by Crippen LogP contribution is 2.18. The maximum absolute atomic E-state index is 12.5. The summed E-state index contributed by atoms with van der Waals surface area (Å²) in [6.45, 7) is 7.08. The summed E-state index contributed by atoms with van der Waals surface area (Å²) in [5.74, 6) is 0. The Morgan fingerprint density at radius 2 is 1.67 bits per heavy atom. The predicted octanol–water partition coefficient (Wildman–Crippen LogP) is 1.04. The third-order valence-electron chi connectivity index (χ3n) is 3.39. The molecule has 0 spiro atoms. The molecular formula is C12H27N3O2S. The van der Waals surface area contributed by atoms with Crippen LogP contribution in [0.15, 0.2) is 0 Å².